The SMILES string of the molecule is CCN(C)C=Nc1cc(C)c(Sc2cccc(OC(F)(F)C(F)F)c2)cc1C. The zero-order valence-electron chi connectivity index (χ0n) is 16.0. The first-order chi connectivity index (χ1) is 13.1. The minimum atomic E-state index is -4.53. The summed E-state index contributed by atoms with van der Waals surface area (Å²) in [5.41, 5.74) is 2.77. The van der Waals surface area contributed by atoms with Gasteiger partial charge in [0.1, 0.15) is 5.75 Å². The van der Waals surface area contributed by atoms with Crippen molar-refractivity contribution >= 4 is 23.8 Å². The largest absolute Gasteiger partial charge is 0.461 e. The van der Waals surface area contributed by atoms with Crippen LogP contribution >= 0.6 is 11.8 Å². The summed E-state index contributed by atoms with van der Waals surface area (Å²) >= 11 is 1.34. The Morgan fingerprint density at radius 3 is 2.54 bits per heavy atom. The Kier molecular flexibility index (Phi) is 7.35. The van der Waals surface area contributed by atoms with E-state index >= 15 is 0 Å². The highest BCUT2D eigenvalue weighted by atomic mass is 32.2. The van der Waals surface area contributed by atoms with Gasteiger partial charge in [-0.3, -0.25) is 0 Å². The van der Waals surface area contributed by atoms with Crippen LogP contribution in [0.5, 0.6) is 5.75 Å². The molecule has 0 aliphatic rings. The quantitative estimate of drug-likeness (QED) is 0.288. The summed E-state index contributed by atoms with van der Waals surface area (Å²) < 4.78 is 55.0. The Morgan fingerprint density at radius 2 is 1.89 bits per heavy atom. The molecule has 8 heteroatoms. The molecule has 2 rings (SSSR count). The van der Waals surface area contributed by atoms with Crippen molar-refractivity contribution in [2.45, 2.75) is 43.1 Å². The van der Waals surface area contributed by atoms with Crippen molar-refractivity contribution in [3.63, 3.8) is 0 Å². The van der Waals surface area contributed by atoms with Gasteiger partial charge < -0.3 is 9.64 Å². The predicted molar refractivity (Wildman–Crippen MR) is 105 cm³/mol. The first-order valence-electron chi connectivity index (χ1n) is 8.61. The molecule has 2 aromatic carbocycles. The Balaban J connectivity index is 2.21. The van der Waals surface area contributed by atoms with E-state index in [2.05, 4.69) is 9.73 Å². The molecule has 2 aromatic rings. The van der Waals surface area contributed by atoms with Crippen molar-refractivity contribution in [1.82, 2.24) is 4.90 Å². The number of rotatable bonds is 8. The molecule has 0 heterocycles. The molecule has 0 N–H and O–H groups in total. The smallest absolute Gasteiger partial charge is 0.428 e. The highest BCUT2D eigenvalue weighted by Crippen LogP contribution is 2.36. The zero-order valence-corrected chi connectivity index (χ0v) is 16.9. The minimum Gasteiger partial charge on any atom is -0.428 e. The third-order valence-electron chi connectivity index (χ3n) is 3.93. The van der Waals surface area contributed by atoms with Crippen molar-refractivity contribution in [3.05, 3.63) is 47.5 Å². The Labute approximate surface area is 166 Å². The van der Waals surface area contributed by atoms with Gasteiger partial charge in [0.25, 0.3) is 0 Å². The van der Waals surface area contributed by atoms with E-state index in [0.717, 1.165) is 28.3 Å². The fourth-order valence-electron chi connectivity index (χ4n) is 2.20. The molecule has 0 spiro atoms. The van der Waals surface area contributed by atoms with Crippen LogP contribution in [-0.2, 0) is 0 Å². The number of nitrogens with zero attached hydrogens (tertiary/aromatic N) is 2. The molecule has 0 aliphatic heterocycles. The van der Waals surface area contributed by atoms with Crippen molar-refractivity contribution < 1.29 is 22.3 Å². The Morgan fingerprint density at radius 1 is 1.18 bits per heavy atom. The van der Waals surface area contributed by atoms with Crippen LogP contribution in [0.15, 0.2) is 51.2 Å². The van der Waals surface area contributed by atoms with Crippen molar-refractivity contribution in [1.29, 1.82) is 0 Å². The summed E-state index contributed by atoms with van der Waals surface area (Å²) in [7, 11) is 1.93. The van der Waals surface area contributed by atoms with E-state index in [4.69, 9.17) is 0 Å². The average molecular weight is 414 g/mol. The normalized spacial score (nSPS) is 12.0. The van der Waals surface area contributed by atoms with Crippen molar-refractivity contribution in [2.75, 3.05) is 13.6 Å². The number of benzene rings is 2. The Hall–Kier alpha value is -2.22. The van der Waals surface area contributed by atoms with E-state index in [0.29, 0.717) is 4.90 Å². The fourth-order valence-corrected chi connectivity index (χ4v) is 3.23. The molecule has 0 fully saturated rings. The number of alkyl halides is 4. The topological polar surface area (TPSA) is 24.8 Å². The Bertz CT molecular complexity index is 843. The lowest BCUT2D eigenvalue weighted by molar-refractivity contribution is -0.253. The average Bonchev–Trinajstić information content (AvgIpc) is 2.62. The number of hydrogen-bond acceptors (Lipinski definition) is 3. The van der Waals surface area contributed by atoms with Crippen LogP contribution in [0.3, 0.4) is 0 Å². The lowest BCUT2D eigenvalue weighted by Gasteiger charge is -2.17. The number of halogens is 4. The van der Waals surface area contributed by atoms with Crippen molar-refractivity contribution in [3.8, 4) is 5.75 Å². The molecule has 0 aromatic heterocycles. The summed E-state index contributed by atoms with van der Waals surface area (Å²) in [5.74, 6) is -0.312. The van der Waals surface area contributed by atoms with Crippen LogP contribution in [0, 0.1) is 13.8 Å². The van der Waals surface area contributed by atoms with Gasteiger partial charge in [-0.1, -0.05) is 17.8 Å². The van der Waals surface area contributed by atoms with Crippen LogP contribution in [0.4, 0.5) is 23.2 Å². The molecule has 0 saturated heterocycles. The van der Waals surface area contributed by atoms with E-state index in [1.54, 1.807) is 12.4 Å². The lowest BCUT2D eigenvalue weighted by Crippen LogP contribution is -2.33. The second-order valence-corrected chi connectivity index (χ2v) is 7.38. The van der Waals surface area contributed by atoms with Crippen LogP contribution in [0.25, 0.3) is 0 Å². The standard InChI is InChI=1S/C20H22F4N2OS/c1-5-26(4)12-25-17-9-14(3)18(10-13(17)2)28-16-8-6-7-15(11-16)27-20(23,24)19(21)22/h6-12,19H,5H2,1-4H3. The molecule has 0 bridgehead atoms. The molecule has 0 radical (unpaired) electrons. The predicted octanol–water partition coefficient (Wildman–Crippen LogP) is 6.30. The summed E-state index contributed by atoms with van der Waals surface area (Å²) in [6.45, 7) is 6.73. The first kappa shape index (κ1) is 22.1. The molecule has 3 nitrogen and oxygen atoms in total. The molecular weight excluding hydrogens is 392 g/mol. The third-order valence-corrected chi connectivity index (χ3v) is 5.08. The van der Waals surface area contributed by atoms with Gasteiger partial charge in [0, 0.05) is 23.4 Å². The summed E-state index contributed by atoms with van der Waals surface area (Å²) in [6, 6.07) is 9.64. The summed E-state index contributed by atoms with van der Waals surface area (Å²) in [6.07, 6.45) is -6.66. The van der Waals surface area contributed by atoms with Crippen LogP contribution < -0.4 is 4.74 Å². The second-order valence-electron chi connectivity index (χ2n) is 6.26. The van der Waals surface area contributed by atoms with E-state index in [-0.39, 0.29) is 5.75 Å². The van der Waals surface area contributed by atoms with Crippen LogP contribution in [0.1, 0.15) is 18.1 Å². The summed E-state index contributed by atoms with van der Waals surface area (Å²) in [4.78, 5) is 7.95. The van der Waals surface area contributed by atoms with Crippen molar-refractivity contribution in [2.24, 2.45) is 4.99 Å². The van der Waals surface area contributed by atoms with Gasteiger partial charge in [0.2, 0.25) is 0 Å². The lowest BCUT2D eigenvalue weighted by atomic mass is 10.1. The maximum Gasteiger partial charge on any atom is 0.461 e. The van der Waals surface area contributed by atoms with Gasteiger partial charge in [-0.05, 0) is 62.2 Å². The van der Waals surface area contributed by atoms with Gasteiger partial charge in [0.05, 0.1) is 12.0 Å². The van der Waals surface area contributed by atoms with Gasteiger partial charge in [0.15, 0.2) is 0 Å². The van der Waals surface area contributed by atoms with E-state index < -0.39 is 12.5 Å². The molecule has 152 valence electrons. The van der Waals surface area contributed by atoms with E-state index in [1.807, 2.05) is 44.9 Å². The number of aryl methyl sites for hydroxylation is 2. The maximum absolute atomic E-state index is 13.1. The van der Waals surface area contributed by atoms with E-state index in [9.17, 15) is 17.6 Å². The van der Waals surface area contributed by atoms with Gasteiger partial charge in [-0.2, -0.15) is 17.6 Å². The number of hydrogen-bond donors (Lipinski definition) is 0. The molecule has 28 heavy (non-hydrogen) atoms. The minimum absolute atomic E-state index is 0.312. The molecular formula is C20H22F4N2OS. The highest BCUT2D eigenvalue weighted by Gasteiger charge is 2.43. The summed E-state index contributed by atoms with van der Waals surface area (Å²) in [5, 5.41) is 0. The number of aliphatic imine (C=N–C) groups is 1. The second kappa shape index (κ2) is 9.32. The molecule has 0 aliphatic carbocycles. The van der Waals surface area contributed by atoms with Gasteiger partial charge in [-0.25, -0.2) is 4.99 Å². The molecule has 0 amide bonds. The van der Waals surface area contributed by atoms with Gasteiger partial charge >= 0.3 is 12.5 Å². The monoisotopic (exact) mass is 414 g/mol. The van der Waals surface area contributed by atoms with E-state index in [1.165, 1.54) is 30.0 Å². The first-order valence-corrected chi connectivity index (χ1v) is 9.42. The molecule has 0 atom stereocenters. The maximum atomic E-state index is 13.1. The van der Waals surface area contributed by atoms with Crippen LogP contribution in [-0.4, -0.2) is 37.4 Å². The fraction of sp³-hybridized carbons (Fsp3) is 0.350. The zero-order chi connectivity index (χ0) is 20.9. The third kappa shape index (κ3) is 5.89. The number of ether oxygens (including phenoxy) is 1. The molecule has 0 unspecified atom stereocenters. The molecule has 0 saturated carbocycles. The van der Waals surface area contributed by atoms with Crippen LogP contribution in [0.2, 0.25) is 0 Å². The van der Waals surface area contributed by atoms with Gasteiger partial charge in [-0.15, -0.1) is 0 Å². The highest BCUT2D eigenvalue weighted by molar-refractivity contribution is 7.99.